The number of ether oxygens (including phenoxy) is 4. The molecule has 1 N–H and O–H groups in total. The zero-order valence-electron chi connectivity index (χ0n) is 18.4. The second-order valence-electron chi connectivity index (χ2n) is 7.43. The van der Waals surface area contributed by atoms with Crippen LogP contribution < -0.4 is 24.3 Å². The Morgan fingerprint density at radius 1 is 0.853 bits per heavy atom. The van der Waals surface area contributed by atoms with Gasteiger partial charge in [-0.2, -0.15) is 0 Å². The largest absolute Gasteiger partial charge is 0.497 e. The summed E-state index contributed by atoms with van der Waals surface area (Å²) in [6.45, 7) is 0.999. The van der Waals surface area contributed by atoms with Crippen LogP contribution in [0.4, 0.5) is 5.69 Å². The van der Waals surface area contributed by atoms with E-state index in [9.17, 15) is 4.79 Å². The SMILES string of the molecule is COc1cccc(Oc2ccc(-c3cccc(C(=O)Nc4ccc5c(c4)OCCO5)c3)nn2)c1. The van der Waals surface area contributed by atoms with Crippen molar-refractivity contribution in [1.29, 1.82) is 0 Å². The molecular weight excluding hydrogens is 434 g/mol. The summed E-state index contributed by atoms with van der Waals surface area (Å²) >= 11 is 0. The van der Waals surface area contributed by atoms with Crippen molar-refractivity contribution in [2.45, 2.75) is 0 Å². The first kappa shape index (κ1) is 21.3. The smallest absolute Gasteiger partial charge is 0.255 e. The quantitative estimate of drug-likeness (QED) is 0.439. The summed E-state index contributed by atoms with van der Waals surface area (Å²) in [5, 5.41) is 11.3. The van der Waals surface area contributed by atoms with Gasteiger partial charge in [0.25, 0.3) is 5.91 Å². The third kappa shape index (κ3) is 4.75. The van der Waals surface area contributed by atoms with Gasteiger partial charge in [-0.25, -0.2) is 0 Å². The molecule has 0 aliphatic carbocycles. The van der Waals surface area contributed by atoms with Crippen molar-refractivity contribution in [3.63, 3.8) is 0 Å². The minimum Gasteiger partial charge on any atom is -0.497 e. The maximum atomic E-state index is 12.8. The second-order valence-corrected chi connectivity index (χ2v) is 7.43. The Morgan fingerprint density at radius 3 is 2.50 bits per heavy atom. The lowest BCUT2D eigenvalue weighted by Crippen LogP contribution is -2.16. The van der Waals surface area contributed by atoms with Crippen molar-refractivity contribution in [3.05, 3.63) is 84.4 Å². The topological polar surface area (TPSA) is 91.8 Å². The Kier molecular flexibility index (Phi) is 5.94. The molecule has 1 aliphatic heterocycles. The summed E-state index contributed by atoms with van der Waals surface area (Å²) in [7, 11) is 1.60. The number of hydrogen-bond acceptors (Lipinski definition) is 7. The van der Waals surface area contributed by atoms with Crippen LogP contribution in [0.25, 0.3) is 11.3 Å². The van der Waals surface area contributed by atoms with Crippen molar-refractivity contribution in [2.24, 2.45) is 0 Å². The number of methoxy groups -OCH3 is 1. The Morgan fingerprint density at radius 2 is 1.68 bits per heavy atom. The fourth-order valence-corrected chi connectivity index (χ4v) is 3.46. The molecule has 0 spiro atoms. The highest BCUT2D eigenvalue weighted by atomic mass is 16.6. The van der Waals surface area contributed by atoms with Gasteiger partial charge in [-0.3, -0.25) is 4.79 Å². The number of benzene rings is 3. The predicted molar refractivity (Wildman–Crippen MR) is 126 cm³/mol. The lowest BCUT2D eigenvalue weighted by atomic mass is 10.1. The first-order chi connectivity index (χ1) is 16.7. The lowest BCUT2D eigenvalue weighted by Gasteiger charge is -2.19. The number of nitrogens with one attached hydrogen (secondary N) is 1. The van der Waals surface area contributed by atoms with Gasteiger partial charge >= 0.3 is 0 Å². The highest BCUT2D eigenvalue weighted by Gasteiger charge is 2.14. The molecule has 0 fully saturated rings. The van der Waals surface area contributed by atoms with E-state index in [1.54, 1.807) is 61.7 Å². The summed E-state index contributed by atoms with van der Waals surface area (Å²) in [4.78, 5) is 12.8. The Hall–Kier alpha value is -4.59. The van der Waals surface area contributed by atoms with E-state index in [2.05, 4.69) is 15.5 Å². The van der Waals surface area contributed by atoms with E-state index in [0.717, 1.165) is 5.56 Å². The van der Waals surface area contributed by atoms with Crippen molar-refractivity contribution in [2.75, 3.05) is 25.6 Å². The number of amides is 1. The van der Waals surface area contributed by atoms with Crippen LogP contribution in [0.15, 0.2) is 78.9 Å². The highest BCUT2D eigenvalue weighted by Crippen LogP contribution is 2.33. The Labute approximate surface area is 196 Å². The van der Waals surface area contributed by atoms with Gasteiger partial charge in [0.15, 0.2) is 11.5 Å². The summed E-state index contributed by atoms with van der Waals surface area (Å²) in [6.07, 6.45) is 0. The maximum absolute atomic E-state index is 12.8. The van der Waals surface area contributed by atoms with E-state index in [1.807, 2.05) is 24.3 Å². The standard InChI is InChI=1S/C26H21N3O5/c1-31-20-6-3-7-21(16-20)34-25-11-9-22(28-29-25)17-4-2-5-18(14-17)26(30)27-19-8-10-23-24(15-19)33-13-12-32-23/h2-11,14-16H,12-13H2,1H3,(H,27,30). The lowest BCUT2D eigenvalue weighted by molar-refractivity contribution is 0.102. The fourth-order valence-electron chi connectivity index (χ4n) is 3.46. The monoisotopic (exact) mass is 455 g/mol. The summed E-state index contributed by atoms with van der Waals surface area (Å²) in [6, 6.07) is 23.2. The third-order valence-electron chi connectivity index (χ3n) is 5.12. The van der Waals surface area contributed by atoms with Gasteiger partial charge in [0, 0.05) is 35.0 Å². The first-order valence-electron chi connectivity index (χ1n) is 10.6. The number of anilines is 1. The number of carbonyl (C=O) groups excluding carboxylic acids is 1. The average Bonchev–Trinajstić information content (AvgIpc) is 2.89. The van der Waals surface area contributed by atoms with Crippen LogP contribution in [0.1, 0.15) is 10.4 Å². The van der Waals surface area contributed by atoms with Crippen molar-refractivity contribution in [3.8, 4) is 40.1 Å². The summed E-state index contributed by atoms with van der Waals surface area (Å²) < 4.78 is 22.0. The summed E-state index contributed by atoms with van der Waals surface area (Å²) in [5.74, 6) is 2.68. The molecule has 8 nitrogen and oxygen atoms in total. The van der Waals surface area contributed by atoms with Crippen molar-refractivity contribution >= 4 is 11.6 Å². The molecule has 0 atom stereocenters. The molecule has 0 bridgehead atoms. The number of rotatable bonds is 6. The highest BCUT2D eigenvalue weighted by molar-refractivity contribution is 6.05. The zero-order chi connectivity index (χ0) is 23.3. The molecule has 170 valence electrons. The maximum Gasteiger partial charge on any atom is 0.255 e. The second kappa shape index (κ2) is 9.50. The Bertz CT molecular complexity index is 1320. The van der Waals surface area contributed by atoms with E-state index in [4.69, 9.17) is 18.9 Å². The van der Waals surface area contributed by atoms with Crippen molar-refractivity contribution < 1.29 is 23.7 Å². The number of hydrogen-bond donors (Lipinski definition) is 1. The van der Waals surface area contributed by atoms with Gasteiger partial charge < -0.3 is 24.3 Å². The van der Waals surface area contributed by atoms with Crippen LogP contribution in [0.5, 0.6) is 28.9 Å². The van der Waals surface area contributed by atoms with Gasteiger partial charge in [-0.1, -0.05) is 18.2 Å². The van der Waals surface area contributed by atoms with Gasteiger partial charge in [0.2, 0.25) is 5.88 Å². The first-order valence-corrected chi connectivity index (χ1v) is 10.6. The Balaban J connectivity index is 1.29. The number of aromatic nitrogens is 2. The van der Waals surface area contributed by atoms with E-state index < -0.39 is 0 Å². The zero-order valence-corrected chi connectivity index (χ0v) is 18.4. The minimum atomic E-state index is -0.246. The van der Waals surface area contributed by atoms with Crippen LogP contribution in [0.2, 0.25) is 0 Å². The number of fused-ring (bicyclic) bond motifs is 1. The van der Waals surface area contributed by atoms with Gasteiger partial charge in [-0.15, -0.1) is 10.2 Å². The molecule has 2 heterocycles. The summed E-state index contributed by atoms with van der Waals surface area (Å²) in [5.41, 5.74) is 2.49. The van der Waals surface area contributed by atoms with E-state index in [-0.39, 0.29) is 5.91 Å². The number of carbonyl (C=O) groups is 1. The molecule has 0 unspecified atom stereocenters. The van der Waals surface area contributed by atoms with Crippen LogP contribution >= 0.6 is 0 Å². The molecule has 0 radical (unpaired) electrons. The molecule has 5 rings (SSSR count). The van der Waals surface area contributed by atoms with Crippen LogP contribution in [0.3, 0.4) is 0 Å². The molecule has 0 saturated heterocycles. The molecule has 1 aromatic heterocycles. The van der Waals surface area contributed by atoms with Crippen molar-refractivity contribution in [1.82, 2.24) is 10.2 Å². The third-order valence-corrected chi connectivity index (χ3v) is 5.12. The van der Waals surface area contributed by atoms with Gasteiger partial charge in [0.1, 0.15) is 24.7 Å². The molecule has 3 aromatic carbocycles. The molecule has 1 amide bonds. The molecule has 4 aromatic rings. The molecule has 0 saturated carbocycles. The number of nitrogens with zero attached hydrogens (tertiary/aromatic N) is 2. The van der Waals surface area contributed by atoms with Crippen LogP contribution in [0, 0.1) is 0 Å². The predicted octanol–water partition coefficient (Wildman–Crippen LogP) is 4.97. The normalized spacial score (nSPS) is 12.0. The molecular formula is C26H21N3O5. The van der Waals surface area contributed by atoms with E-state index >= 15 is 0 Å². The minimum absolute atomic E-state index is 0.246. The molecule has 34 heavy (non-hydrogen) atoms. The molecule has 8 heteroatoms. The van der Waals surface area contributed by atoms with E-state index in [0.29, 0.717) is 59.0 Å². The van der Waals surface area contributed by atoms with Gasteiger partial charge in [-0.05, 0) is 42.5 Å². The van der Waals surface area contributed by atoms with E-state index in [1.165, 1.54) is 0 Å². The van der Waals surface area contributed by atoms with Crippen LogP contribution in [-0.2, 0) is 0 Å². The van der Waals surface area contributed by atoms with Crippen LogP contribution in [-0.4, -0.2) is 36.4 Å². The van der Waals surface area contributed by atoms with Gasteiger partial charge in [0.05, 0.1) is 12.8 Å². The molecule has 1 aliphatic rings. The fraction of sp³-hybridized carbons (Fsp3) is 0.115. The average molecular weight is 455 g/mol.